The van der Waals surface area contributed by atoms with Crippen LogP contribution in [0.4, 0.5) is 19.1 Å². The van der Waals surface area contributed by atoms with E-state index in [1.54, 1.807) is 6.07 Å². The van der Waals surface area contributed by atoms with Gasteiger partial charge >= 0.3 is 14.4 Å². The molecule has 0 unspecified atom stereocenters. The van der Waals surface area contributed by atoms with E-state index in [4.69, 9.17) is 14.2 Å². The molecule has 0 aliphatic carbocycles. The molecule has 1 heterocycles. The molecule has 0 aliphatic rings. The van der Waals surface area contributed by atoms with Gasteiger partial charge in [-0.3, -0.25) is 0 Å². The van der Waals surface area contributed by atoms with Gasteiger partial charge in [0, 0.05) is 21.4 Å². The maximum absolute atomic E-state index is 12.7. The normalized spacial score (nSPS) is 12.0. The lowest BCUT2D eigenvalue weighted by Gasteiger charge is -2.13. The van der Waals surface area contributed by atoms with Crippen molar-refractivity contribution in [3.63, 3.8) is 0 Å². The zero-order valence-corrected chi connectivity index (χ0v) is 16.4. The molecule has 26 heavy (non-hydrogen) atoms. The molecule has 0 aliphatic heterocycles. The molecule has 0 atom stereocenters. The molecule has 0 bridgehead atoms. The Labute approximate surface area is 158 Å². The van der Waals surface area contributed by atoms with Gasteiger partial charge in [0.2, 0.25) is 5.95 Å². The molecule has 1 aromatic carbocycles. The molecule has 6 nitrogen and oxygen atoms in total. The molecular weight excluding hydrogens is 416 g/mol. The number of hydrogen-bond acceptors (Lipinski definition) is 5. The molecule has 0 amide bonds. The van der Waals surface area contributed by atoms with Crippen LogP contribution in [0, 0.1) is 0 Å². The first-order valence-electron chi connectivity index (χ1n) is 7.31. The van der Waals surface area contributed by atoms with E-state index in [1.807, 2.05) is 19.1 Å². The number of benzene rings is 1. The third kappa shape index (κ3) is 6.65. The average Bonchev–Trinajstić information content (AvgIpc) is 2.86. The molecule has 1 aromatic heterocycles. The van der Waals surface area contributed by atoms with Crippen LogP contribution in [0.1, 0.15) is 43.6 Å². The highest BCUT2D eigenvalue weighted by atomic mass is 36.0. The van der Waals surface area contributed by atoms with E-state index in [-0.39, 0.29) is 5.95 Å². The minimum absolute atomic E-state index is 0.269. The van der Waals surface area contributed by atoms with Crippen molar-refractivity contribution in [3.8, 4) is 5.69 Å². The van der Waals surface area contributed by atoms with Crippen LogP contribution in [0.2, 0.25) is 0 Å². The molecule has 2 aromatic rings. The fourth-order valence-electron chi connectivity index (χ4n) is 2.08. The van der Waals surface area contributed by atoms with Gasteiger partial charge in [-0.25, -0.2) is 0 Å². The maximum Gasteiger partial charge on any atom is 0.453 e. The van der Waals surface area contributed by atoms with E-state index in [1.165, 1.54) is 0 Å². The predicted octanol–water partition coefficient (Wildman–Crippen LogP) is 4.26. The summed E-state index contributed by atoms with van der Waals surface area (Å²) >= 11 is 0. The van der Waals surface area contributed by atoms with Crippen molar-refractivity contribution in [1.29, 1.82) is 0 Å². The summed E-state index contributed by atoms with van der Waals surface area (Å²) in [6.45, 7) is 6.04. The maximum atomic E-state index is 12.7. The van der Waals surface area contributed by atoms with Crippen LogP contribution in [0.15, 0.2) is 18.2 Å². The van der Waals surface area contributed by atoms with Crippen LogP contribution < -0.4 is 5.73 Å². The SMILES string of the molecule is CCc1cc(C(C)C)ccc1-n1nc(C(F)(F)F)nc1N.O=S(=O)(Cl)Cl. The Kier molecular flexibility index (Phi) is 7.32. The molecule has 2 rings (SSSR count). The van der Waals surface area contributed by atoms with E-state index < -0.39 is 20.3 Å². The average molecular weight is 433 g/mol. The Morgan fingerprint density at radius 3 is 2.19 bits per heavy atom. The molecular formula is C14H17Cl2F3N4O2S. The van der Waals surface area contributed by atoms with Crippen LogP contribution in [-0.4, -0.2) is 23.2 Å². The van der Waals surface area contributed by atoms with Crippen molar-refractivity contribution in [3.05, 3.63) is 35.2 Å². The Hall–Kier alpha value is -1.52. The molecule has 0 radical (unpaired) electrons. The molecule has 2 N–H and O–H groups in total. The van der Waals surface area contributed by atoms with Crippen LogP contribution in [0.5, 0.6) is 0 Å². The number of nitrogen functional groups attached to an aromatic ring is 1. The lowest BCUT2D eigenvalue weighted by molar-refractivity contribution is -0.144. The second kappa shape index (κ2) is 8.45. The number of aryl methyl sites for hydroxylation is 1. The highest BCUT2D eigenvalue weighted by molar-refractivity contribution is 8.31. The molecule has 0 fully saturated rings. The summed E-state index contributed by atoms with van der Waals surface area (Å²) in [5.74, 6) is -1.16. The monoisotopic (exact) mass is 432 g/mol. The second-order valence-electron chi connectivity index (χ2n) is 5.48. The number of nitrogens with zero attached hydrogens (tertiary/aromatic N) is 3. The quantitative estimate of drug-likeness (QED) is 0.731. The molecule has 0 spiro atoms. The Morgan fingerprint density at radius 2 is 1.81 bits per heavy atom. The summed E-state index contributed by atoms with van der Waals surface area (Å²) in [6, 6.07) is 5.57. The first kappa shape index (κ1) is 22.5. The number of alkyl halides is 3. The van der Waals surface area contributed by atoms with Gasteiger partial charge in [0.25, 0.3) is 5.82 Å². The van der Waals surface area contributed by atoms with Gasteiger partial charge in [-0.05, 0) is 29.5 Å². The van der Waals surface area contributed by atoms with E-state index in [2.05, 4.69) is 45.3 Å². The predicted molar refractivity (Wildman–Crippen MR) is 94.9 cm³/mol. The van der Waals surface area contributed by atoms with E-state index >= 15 is 0 Å². The third-order valence-corrected chi connectivity index (χ3v) is 3.27. The van der Waals surface area contributed by atoms with Crippen LogP contribution >= 0.6 is 21.4 Å². The summed E-state index contributed by atoms with van der Waals surface area (Å²) in [5.41, 5.74) is 8.11. The van der Waals surface area contributed by atoms with Crippen molar-refractivity contribution in [2.75, 3.05) is 5.73 Å². The molecule has 12 heteroatoms. The van der Waals surface area contributed by atoms with Crippen LogP contribution in [-0.2, 0) is 20.9 Å². The summed E-state index contributed by atoms with van der Waals surface area (Å²) < 4.78 is 57.3. The molecule has 0 saturated carbocycles. The number of halogens is 5. The zero-order chi connectivity index (χ0) is 20.3. The first-order valence-corrected chi connectivity index (χ1v) is 10.4. The van der Waals surface area contributed by atoms with Gasteiger partial charge in [-0.15, -0.1) is 5.10 Å². The van der Waals surface area contributed by atoms with E-state index in [9.17, 15) is 13.2 Å². The van der Waals surface area contributed by atoms with Gasteiger partial charge in [0.05, 0.1) is 5.69 Å². The smallest absolute Gasteiger partial charge is 0.368 e. The lowest BCUT2D eigenvalue weighted by Crippen LogP contribution is -2.09. The van der Waals surface area contributed by atoms with Crippen molar-refractivity contribution in [2.45, 2.75) is 39.3 Å². The molecule has 146 valence electrons. The lowest BCUT2D eigenvalue weighted by atomic mass is 9.98. The van der Waals surface area contributed by atoms with Crippen molar-refractivity contribution < 1.29 is 21.6 Å². The fourth-order valence-corrected chi connectivity index (χ4v) is 2.08. The van der Waals surface area contributed by atoms with E-state index in [0.717, 1.165) is 15.8 Å². The molecule has 0 saturated heterocycles. The number of rotatable bonds is 3. The number of hydrogen-bond donors (Lipinski definition) is 1. The minimum Gasteiger partial charge on any atom is -0.368 e. The topological polar surface area (TPSA) is 90.9 Å². The van der Waals surface area contributed by atoms with Crippen molar-refractivity contribution >= 4 is 35.6 Å². The number of nitrogens with two attached hydrogens (primary N) is 1. The van der Waals surface area contributed by atoms with Gasteiger partial charge < -0.3 is 5.73 Å². The Morgan fingerprint density at radius 1 is 1.27 bits per heavy atom. The van der Waals surface area contributed by atoms with Crippen molar-refractivity contribution in [1.82, 2.24) is 14.8 Å². The number of aromatic nitrogens is 3. The van der Waals surface area contributed by atoms with Crippen LogP contribution in [0.25, 0.3) is 5.69 Å². The van der Waals surface area contributed by atoms with Crippen LogP contribution in [0.3, 0.4) is 0 Å². The first-order chi connectivity index (χ1) is 11.7. The van der Waals surface area contributed by atoms with Gasteiger partial charge in [-0.1, -0.05) is 32.9 Å². The summed E-state index contributed by atoms with van der Waals surface area (Å²) in [5, 5.41) is 3.49. The fraction of sp³-hybridized carbons (Fsp3) is 0.429. The number of anilines is 1. The van der Waals surface area contributed by atoms with Crippen molar-refractivity contribution in [2.24, 2.45) is 0 Å². The van der Waals surface area contributed by atoms with Gasteiger partial charge in [0.15, 0.2) is 0 Å². The van der Waals surface area contributed by atoms with Gasteiger partial charge in [-0.2, -0.15) is 31.3 Å². The zero-order valence-electron chi connectivity index (χ0n) is 14.1. The second-order valence-corrected chi connectivity index (χ2v) is 9.15. The highest BCUT2D eigenvalue weighted by Crippen LogP contribution is 2.29. The summed E-state index contributed by atoms with van der Waals surface area (Å²) in [4.78, 5) is 3.30. The van der Waals surface area contributed by atoms with Gasteiger partial charge in [0.1, 0.15) is 0 Å². The summed E-state index contributed by atoms with van der Waals surface area (Å²) in [6.07, 6.45) is -3.94. The largest absolute Gasteiger partial charge is 0.453 e. The minimum atomic E-state index is -4.61. The van der Waals surface area contributed by atoms with E-state index in [0.29, 0.717) is 18.0 Å². The highest BCUT2D eigenvalue weighted by Gasteiger charge is 2.37. The Bertz CT molecular complexity index is 860. The summed E-state index contributed by atoms with van der Waals surface area (Å²) in [7, 11) is 4.81. The standard InChI is InChI=1S/C14H17F3N4.Cl2O2S/c1-4-9-7-10(8(2)3)5-6-11(9)21-13(18)19-12(20-21)14(15,16)17;1-5(2,3)4/h5-8H,4H2,1-3H3,(H2,18,19,20);. The third-order valence-electron chi connectivity index (χ3n) is 3.27. The Balaban J connectivity index is 0.000000597.